The Kier molecular flexibility index (Phi) is 4.40. The highest BCUT2D eigenvalue weighted by atomic mass is 16.5. The SMILES string of the molecule is CCOC(=O)CCOc1ccc2c(C)cc(=O)oc2c1. The van der Waals surface area contributed by atoms with Crippen LogP contribution in [0.3, 0.4) is 0 Å². The number of hydrogen-bond donors (Lipinski definition) is 0. The van der Waals surface area contributed by atoms with E-state index in [1.165, 1.54) is 6.07 Å². The molecule has 0 aliphatic carbocycles. The number of hydrogen-bond acceptors (Lipinski definition) is 5. The fraction of sp³-hybridized carbons (Fsp3) is 0.333. The fourth-order valence-electron chi connectivity index (χ4n) is 1.88. The molecule has 20 heavy (non-hydrogen) atoms. The minimum atomic E-state index is -0.390. The minimum Gasteiger partial charge on any atom is -0.493 e. The van der Waals surface area contributed by atoms with Crippen LogP contribution in [-0.4, -0.2) is 19.2 Å². The molecule has 0 aliphatic heterocycles. The Hall–Kier alpha value is -2.30. The van der Waals surface area contributed by atoms with Gasteiger partial charge in [-0.05, 0) is 31.5 Å². The molecule has 1 aromatic heterocycles. The molecule has 0 radical (unpaired) electrons. The van der Waals surface area contributed by atoms with Crippen LogP contribution in [-0.2, 0) is 9.53 Å². The molecular weight excluding hydrogens is 260 g/mol. The molecule has 0 fully saturated rings. The lowest BCUT2D eigenvalue weighted by molar-refractivity contribution is -0.143. The van der Waals surface area contributed by atoms with E-state index < -0.39 is 5.63 Å². The summed E-state index contributed by atoms with van der Waals surface area (Å²) in [7, 11) is 0. The molecule has 106 valence electrons. The number of ether oxygens (including phenoxy) is 2. The third kappa shape index (κ3) is 3.38. The summed E-state index contributed by atoms with van der Waals surface area (Å²) in [6, 6.07) is 6.70. The second-order valence-corrected chi connectivity index (χ2v) is 4.31. The van der Waals surface area contributed by atoms with E-state index in [1.54, 1.807) is 19.1 Å². The highest BCUT2D eigenvalue weighted by Gasteiger charge is 2.05. The second kappa shape index (κ2) is 6.23. The zero-order valence-electron chi connectivity index (χ0n) is 11.5. The average Bonchev–Trinajstić information content (AvgIpc) is 2.38. The molecule has 0 aliphatic rings. The van der Waals surface area contributed by atoms with Gasteiger partial charge in [-0.15, -0.1) is 0 Å². The van der Waals surface area contributed by atoms with Crippen molar-refractivity contribution >= 4 is 16.9 Å². The molecule has 5 heteroatoms. The first-order valence-corrected chi connectivity index (χ1v) is 6.43. The molecule has 0 saturated heterocycles. The smallest absolute Gasteiger partial charge is 0.336 e. The highest BCUT2D eigenvalue weighted by Crippen LogP contribution is 2.22. The molecular formula is C15H16O5. The zero-order valence-corrected chi connectivity index (χ0v) is 11.5. The van der Waals surface area contributed by atoms with Gasteiger partial charge in [-0.1, -0.05) is 0 Å². The quantitative estimate of drug-likeness (QED) is 0.620. The number of fused-ring (bicyclic) bond motifs is 1. The van der Waals surface area contributed by atoms with Crippen molar-refractivity contribution in [3.05, 3.63) is 40.2 Å². The van der Waals surface area contributed by atoms with E-state index in [0.29, 0.717) is 17.9 Å². The van der Waals surface area contributed by atoms with Gasteiger partial charge in [-0.2, -0.15) is 0 Å². The van der Waals surface area contributed by atoms with Crippen LogP contribution in [0.5, 0.6) is 5.75 Å². The summed E-state index contributed by atoms with van der Waals surface area (Å²) in [6.07, 6.45) is 0.184. The first-order chi connectivity index (χ1) is 9.60. The maximum absolute atomic E-state index is 11.3. The summed E-state index contributed by atoms with van der Waals surface area (Å²) in [4.78, 5) is 22.5. The lowest BCUT2D eigenvalue weighted by atomic mass is 10.1. The van der Waals surface area contributed by atoms with E-state index in [1.807, 2.05) is 13.0 Å². The van der Waals surface area contributed by atoms with Crippen molar-refractivity contribution in [2.24, 2.45) is 0 Å². The lowest BCUT2D eigenvalue weighted by Crippen LogP contribution is -2.09. The molecule has 0 bridgehead atoms. The monoisotopic (exact) mass is 276 g/mol. The number of carbonyl (C=O) groups excluding carboxylic acids is 1. The van der Waals surface area contributed by atoms with Gasteiger partial charge >= 0.3 is 11.6 Å². The number of benzene rings is 1. The summed E-state index contributed by atoms with van der Waals surface area (Å²) >= 11 is 0. The summed E-state index contributed by atoms with van der Waals surface area (Å²) < 4.78 is 15.4. The van der Waals surface area contributed by atoms with Crippen LogP contribution >= 0.6 is 0 Å². The van der Waals surface area contributed by atoms with Gasteiger partial charge in [0, 0.05) is 17.5 Å². The third-order valence-corrected chi connectivity index (χ3v) is 2.80. The van der Waals surface area contributed by atoms with E-state index in [-0.39, 0.29) is 19.0 Å². The number of rotatable bonds is 5. The van der Waals surface area contributed by atoms with E-state index in [9.17, 15) is 9.59 Å². The molecule has 0 atom stereocenters. The molecule has 0 N–H and O–H groups in total. The molecule has 0 unspecified atom stereocenters. The molecule has 0 amide bonds. The molecule has 2 aromatic rings. The summed E-state index contributed by atoms with van der Waals surface area (Å²) in [5.41, 5.74) is 0.941. The van der Waals surface area contributed by atoms with Gasteiger partial charge in [-0.3, -0.25) is 4.79 Å². The van der Waals surface area contributed by atoms with E-state index >= 15 is 0 Å². The number of carbonyl (C=O) groups is 1. The molecule has 0 saturated carbocycles. The van der Waals surface area contributed by atoms with E-state index in [4.69, 9.17) is 13.9 Å². The average molecular weight is 276 g/mol. The van der Waals surface area contributed by atoms with Gasteiger partial charge in [0.15, 0.2) is 0 Å². The Balaban J connectivity index is 2.08. The maximum atomic E-state index is 11.3. The summed E-state index contributed by atoms with van der Waals surface area (Å²) in [6.45, 7) is 4.19. The van der Waals surface area contributed by atoms with Crippen LogP contribution in [0.25, 0.3) is 11.0 Å². The van der Waals surface area contributed by atoms with Crippen molar-refractivity contribution in [3.63, 3.8) is 0 Å². The summed E-state index contributed by atoms with van der Waals surface area (Å²) in [5, 5.41) is 0.863. The first-order valence-electron chi connectivity index (χ1n) is 6.43. The Morgan fingerprint density at radius 1 is 1.30 bits per heavy atom. The van der Waals surface area contributed by atoms with Crippen molar-refractivity contribution in [1.82, 2.24) is 0 Å². The van der Waals surface area contributed by atoms with Crippen LogP contribution in [0, 0.1) is 6.92 Å². The molecule has 0 spiro atoms. The number of aryl methyl sites for hydroxylation is 1. The molecule has 5 nitrogen and oxygen atoms in total. The van der Waals surface area contributed by atoms with Gasteiger partial charge < -0.3 is 13.9 Å². The van der Waals surface area contributed by atoms with Crippen molar-refractivity contribution in [1.29, 1.82) is 0 Å². The summed E-state index contributed by atoms with van der Waals surface area (Å²) in [5.74, 6) is 0.256. The molecule has 1 aromatic carbocycles. The van der Waals surface area contributed by atoms with Crippen LogP contribution < -0.4 is 10.4 Å². The third-order valence-electron chi connectivity index (χ3n) is 2.80. The molecule has 2 rings (SSSR count). The van der Waals surface area contributed by atoms with Crippen molar-refractivity contribution in [2.45, 2.75) is 20.3 Å². The van der Waals surface area contributed by atoms with Crippen LogP contribution in [0.2, 0.25) is 0 Å². The van der Waals surface area contributed by atoms with Crippen molar-refractivity contribution in [3.8, 4) is 5.75 Å². The van der Waals surface area contributed by atoms with E-state index in [2.05, 4.69) is 0 Å². The Morgan fingerprint density at radius 3 is 2.85 bits per heavy atom. The second-order valence-electron chi connectivity index (χ2n) is 4.31. The van der Waals surface area contributed by atoms with Crippen LogP contribution in [0.1, 0.15) is 18.9 Å². The predicted octanol–water partition coefficient (Wildman–Crippen LogP) is 2.43. The van der Waals surface area contributed by atoms with Crippen LogP contribution in [0.15, 0.2) is 33.5 Å². The Bertz CT molecular complexity index is 672. The minimum absolute atomic E-state index is 0.184. The lowest BCUT2D eigenvalue weighted by Gasteiger charge is -2.07. The van der Waals surface area contributed by atoms with Gasteiger partial charge in [-0.25, -0.2) is 4.79 Å². The highest BCUT2D eigenvalue weighted by molar-refractivity contribution is 5.81. The maximum Gasteiger partial charge on any atom is 0.336 e. The van der Waals surface area contributed by atoms with Gasteiger partial charge in [0.1, 0.15) is 11.3 Å². The van der Waals surface area contributed by atoms with Gasteiger partial charge in [0.05, 0.1) is 19.6 Å². The van der Waals surface area contributed by atoms with Crippen LogP contribution in [0.4, 0.5) is 0 Å². The predicted molar refractivity (Wildman–Crippen MR) is 74.0 cm³/mol. The normalized spacial score (nSPS) is 10.5. The largest absolute Gasteiger partial charge is 0.493 e. The van der Waals surface area contributed by atoms with E-state index in [0.717, 1.165) is 10.9 Å². The fourth-order valence-corrected chi connectivity index (χ4v) is 1.88. The topological polar surface area (TPSA) is 65.7 Å². The standard InChI is InChI=1S/C15H16O5/c1-3-18-14(16)6-7-19-11-4-5-12-10(2)8-15(17)20-13(12)9-11/h4-5,8-9H,3,6-7H2,1-2H3. The Labute approximate surface area is 116 Å². The Morgan fingerprint density at radius 2 is 2.10 bits per heavy atom. The molecule has 1 heterocycles. The van der Waals surface area contributed by atoms with Crippen molar-refractivity contribution < 1.29 is 18.7 Å². The van der Waals surface area contributed by atoms with Gasteiger partial charge in [0.25, 0.3) is 0 Å². The van der Waals surface area contributed by atoms with Crippen molar-refractivity contribution in [2.75, 3.05) is 13.2 Å². The number of esters is 1. The zero-order chi connectivity index (χ0) is 14.5. The van der Waals surface area contributed by atoms with Gasteiger partial charge in [0.2, 0.25) is 0 Å². The first kappa shape index (κ1) is 14.1.